The zero-order chi connectivity index (χ0) is 19.2. The lowest BCUT2D eigenvalue weighted by Crippen LogP contribution is -2.37. The Hall–Kier alpha value is -3.16. The summed E-state index contributed by atoms with van der Waals surface area (Å²) >= 11 is 0. The van der Waals surface area contributed by atoms with Crippen molar-refractivity contribution in [2.24, 2.45) is 26.2 Å². The van der Waals surface area contributed by atoms with E-state index in [4.69, 9.17) is 0 Å². The molecule has 0 spiro atoms. The number of benzene rings is 1. The molecule has 2 heterocycles. The fourth-order valence-corrected chi connectivity index (χ4v) is 3.17. The van der Waals surface area contributed by atoms with Gasteiger partial charge in [-0.1, -0.05) is 17.7 Å². The van der Waals surface area contributed by atoms with Crippen molar-refractivity contribution in [2.75, 3.05) is 5.43 Å². The Labute approximate surface area is 150 Å². The first kappa shape index (κ1) is 17.7. The molecular formula is C18H22N6O2. The number of imidazole rings is 1. The number of aryl methyl sites for hydroxylation is 5. The third kappa shape index (κ3) is 2.73. The van der Waals surface area contributed by atoms with Gasteiger partial charge >= 0.3 is 5.69 Å². The zero-order valence-corrected chi connectivity index (χ0v) is 15.8. The minimum atomic E-state index is -0.415. The van der Waals surface area contributed by atoms with Crippen LogP contribution in [0.15, 0.2) is 26.8 Å². The van der Waals surface area contributed by atoms with Crippen molar-refractivity contribution in [3.8, 4) is 0 Å². The zero-order valence-electron chi connectivity index (χ0n) is 15.8. The second-order valence-corrected chi connectivity index (χ2v) is 6.55. The number of aromatic nitrogens is 4. The number of hydrazone groups is 1. The molecule has 8 heteroatoms. The highest BCUT2D eigenvalue weighted by Crippen LogP contribution is 2.15. The van der Waals surface area contributed by atoms with E-state index in [9.17, 15) is 9.59 Å². The van der Waals surface area contributed by atoms with Crippen LogP contribution in [0.2, 0.25) is 0 Å². The van der Waals surface area contributed by atoms with Gasteiger partial charge in [-0.3, -0.25) is 13.9 Å². The molecule has 0 saturated carbocycles. The number of hydrogen-bond acceptors (Lipinski definition) is 5. The molecule has 0 aliphatic rings. The molecule has 0 bridgehead atoms. The quantitative estimate of drug-likeness (QED) is 0.568. The predicted octanol–water partition coefficient (Wildman–Crippen LogP) is 1.34. The predicted molar refractivity (Wildman–Crippen MR) is 103 cm³/mol. The van der Waals surface area contributed by atoms with Crippen LogP contribution < -0.4 is 16.7 Å². The molecule has 3 rings (SSSR count). The third-order valence-electron chi connectivity index (χ3n) is 4.57. The molecule has 1 N–H and O–H groups in total. The van der Waals surface area contributed by atoms with E-state index >= 15 is 0 Å². The average Bonchev–Trinajstić information content (AvgIpc) is 2.90. The standard InChI is InChI=1S/C18H22N6O2/c1-10-7-11(2)13(12(3)8-10)9-19-21-17-20-15-14(22(17)4)16(25)24(6)18(26)23(15)5/h7-9H,1-6H3,(H,20,21). The van der Waals surface area contributed by atoms with Gasteiger partial charge in [0.15, 0.2) is 11.2 Å². The van der Waals surface area contributed by atoms with Crippen molar-refractivity contribution >= 4 is 23.3 Å². The van der Waals surface area contributed by atoms with Gasteiger partial charge in [0.2, 0.25) is 5.95 Å². The van der Waals surface area contributed by atoms with Crippen LogP contribution in [0.1, 0.15) is 22.3 Å². The summed E-state index contributed by atoms with van der Waals surface area (Å²) in [6.45, 7) is 6.13. The van der Waals surface area contributed by atoms with E-state index in [1.165, 1.54) is 17.2 Å². The monoisotopic (exact) mass is 354 g/mol. The topological polar surface area (TPSA) is 86.2 Å². The molecule has 26 heavy (non-hydrogen) atoms. The Balaban J connectivity index is 2.02. The second kappa shape index (κ2) is 6.29. The lowest BCUT2D eigenvalue weighted by atomic mass is 10.0. The van der Waals surface area contributed by atoms with Crippen molar-refractivity contribution in [3.05, 3.63) is 55.2 Å². The molecule has 0 amide bonds. The second-order valence-electron chi connectivity index (χ2n) is 6.55. The van der Waals surface area contributed by atoms with E-state index in [2.05, 4.69) is 34.6 Å². The molecule has 1 aromatic carbocycles. The normalized spacial score (nSPS) is 11.6. The van der Waals surface area contributed by atoms with Gasteiger partial charge in [0.1, 0.15) is 0 Å². The first-order valence-electron chi connectivity index (χ1n) is 8.21. The minimum Gasteiger partial charge on any atom is -0.306 e. The van der Waals surface area contributed by atoms with Crippen LogP contribution in [0.4, 0.5) is 5.95 Å². The maximum Gasteiger partial charge on any atom is 0.332 e. The Morgan fingerprint density at radius 3 is 2.23 bits per heavy atom. The highest BCUT2D eigenvalue weighted by molar-refractivity contribution is 5.84. The minimum absolute atomic E-state index is 0.320. The van der Waals surface area contributed by atoms with Gasteiger partial charge in [0.25, 0.3) is 5.56 Å². The van der Waals surface area contributed by atoms with Gasteiger partial charge in [-0.05, 0) is 31.9 Å². The third-order valence-corrected chi connectivity index (χ3v) is 4.57. The van der Waals surface area contributed by atoms with Crippen LogP contribution >= 0.6 is 0 Å². The number of hydrogen-bond donors (Lipinski definition) is 1. The van der Waals surface area contributed by atoms with Gasteiger partial charge in [-0.2, -0.15) is 10.1 Å². The van der Waals surface area contributed by atoms with Crippen molar-refractivity contribution in [1.29, 1.82) is 0 Å². The van der Waals surface area contributed by atoms with E-state index < -0.39 is 5.69 Å². The maximum absolute atomic E-state index is 12.4. The van der Waals surface area contributed by atoms with Gasteiger partial charge < -0.3 is 4.57 Å². The van der Waals surface area contributed by atoms with Crippen LogP contribution in [0.25, 0.3) is 11.2 Å². The maximum atomic E-state index is 12.4. The molecule has 0 radical (unpaired) electrons. The number of anilines is 1. The first-order valence-corrected chi connectivity index (χ1v) is 8.21. The molecule has 0 atom stereocenters. The lowest BCUT2D eigenvalue weighted by molar-refractivity contribution is 0.705. The van der Waals surface area contributed by atoms with Crippen LogP contribution in [0, 0.1) is 20.8 Å². The number of nitrogens with one attached hydrogen (secondary N) is 1. The smallest absolute Gasteiger partial charge is 0.306 e. The van der Waals surface area contributed by atoms with Gasteiger partial charge in [-0.25, -0.2) is 10.2 Å². The summed E-state index contributed by atoms with van der Waals surface area (Å²) in [5.74, 6) is 0.386. The molecular weight excluding hydrogens is 332 g/mol. The number of nitrogens with zero attached hydrogens (tertiary/aromatic N) is 5. The van der Waals surface area contributed by atoms with E-state index in [0.29, 0.717) is 17.1 Å². The van der Waals surface area contributed by atoms with Crippen molar-refractivity contribution in [2.45, 2.75) is 20.8 Å². The summed E-state index contributed by atoms with van der Waals surface area (Å²) in [4.78, 5) is 28.8. The molecule has 0 aliphatic carbocycles. The Morgan fingerprint density at radius 2 is 1.62 bits per heavy atom. The highest BCUT2D eigenvalue weighted by atomic mass is 16.2. The first-order chi connectivity index (χ1) is 12.2. The highest BCUT2D eigenvalue weighted by Gasteiger charge is 2.16. The van der Waals surface area contributed by atoms with E-state index in [0.717, 1.165) is 21.3 Å². The van der Waals surface area contributed by atoms with Crippen molar-refractivity contribution < 1.29 is 0 Å². The lowest BCUT2D eigenvalue weighted by Gasteiger charge is -2.06. The molecule has 136 valence electrons. The van der Waals surface area contributed by atoms with Crippen molar-refractivity contribution in [1.82, 2.24) is 18.7 Å². The van der Waals surface area contributed by atoms with E-state index in [-0.39, 0.29) is 5.56 Å². The van der Waals surface area contributed by atoms with Crippen LogP contribution in [-0.4, -0.2) is 24.9 Å². The molecule has 0 saturated heterocycles. The SMILES string of the molecule is Cc1cc(C)c(C=NNc2nc3c(c(=O)n(C)c(=O)n3C)n2C)c(C)c1. The summed E-state index contributed by atoms with van der Waals surface area (Å²) in [5.41, 5.74) is 7.24. The van der Waals surface area contributed by atoms with Gasteiger partial charge in [-0.15, -0.1) is 0 Å². The largest absolute Gasteiger partial charge is 0.332 e. The summed E-state index contributed by atoms with van der Waals surface area (Å²) in [6.07, 6.45) is 1.74. The molecule has 0 aliphatic heterocycles. The molecule has 2 aromatic heterocycles. The van der Waals surface area contributed by atoms with Crippen LogP contribution in [0.5, 0.6) is 0 Å². The Kier molecular flexibility index (Phi) is 4.27. The fourth-order valence-electron chi connectivity index (χ4n) is 3.17. The fraction of sp³-hybridized carbons (Fsp3) is 0.333. The summed E-state index contributed by atoms with van der Waals surface area (Å²) in [7, 11) is 4.75. The van der Waals surface area contributed by atoms with E-state index in [1.54, 1.807) is 24.9 Å². The van der Waals surface area contributed by atoms with E-state index in [1.807, 2.05) is 13.8 Å². The van der Waals surface area contributed by atoms with Gasteiger partial charge in [0.05, 0.1) is 6.21 Å². The molecule has 0 unspecified atom stereocenters. The number of fused-ring (bicyclic) bond motifs is 1. The summed E-state index contributed by atoms with van der Waals surface area (Å²) < 4.78 is 4.01. The summed E-state index contributed by atoms with van der Waals surface area (Å²) in [5, 5.41) is 4.27. The van der Waals surface area contributed by atoms with Crippen molar-refractivity contribution in [3.63, 3.8) is 0 Å². The molecule has 3 aromatic rings. The van der Waals surface area contributed by atoms with Crippen LogP contribution in [-0.2, 0) is 21.1 Å². The average molecular weight is 354 g/mol. The number of rotatable bonds is 3. The Morgan fingerprint density at radius 1 is 1.00 bits per heavy atom. The summed E-state index contributed by atoms with van der Waals surface area (Å²) in [6, 6.07) is 4.20. The van der Waals surface area contributed by atoms with Crippen LogP contribution in [0.3, 0.4) is 0 Å². The molecule has 0 fully saturated rings. The molecule has 8 nitrogen and oxygen atoms in total. The Bertz CT molecular complexity index is 1140. The van der Waals surface area contributed by atoms with Gasteiger partial charge in [0, 0.05) is 26.7 Å².